The summed E-state index contributed by atoms with van der Waals surface area (Å²) in [5.74, 6) is 0.251. The van der Waals surface area contributed by atoms with Gasteiger partial charge in [-0.05, 0) is 44.2 Å². The molecule has 3 fully saturated rings. The van der Waals surface area contributed by atoms with Crippen molar-refractivity contribution >= 4 is 43.1 Å². The van der Waals surface area contributed by atoms with Gasteiger partial charge in [0.2, 0.25) is 0 Å². The van der Waals surface area contributed by atoms with Gasteiger partial charge in [0.1, 0.15) is 40.9 Å². The second-order valence-corrected chi connectivity index (χ2v) is 14.3. The topological polar surface area (TPSA) is 116 Å². The van der Waals surface area contributed by atoms with Crippen molar-refractivity contribution in [2.75, 3.05) is 43.4 Å². The van der Waals surface area contributed by atoms with E-state index < -0.39 is 12.0 Å². The minimum Gasteiger partial charge on any atom is -0.461 e. The second-order valence-electron chi connectivity index (χ2n) is 13.2. The monoisotopic (exact) mass is 630 g/mol. The normalized spacial score (nSPS) is 27.8. The zero-order valence-corrected chi connectivity index (χ0v) is 26.3. The van der Waals surface area contributed by atoms with Gasteiger partial charge in [-0.25, -0.2) is 13.8 Å². The zero-order chi connectivity index (χ0) is 31.0. The number of fused-ring (bicyclic) bond motifs is 4. The van der Waals surface area contributed by atoms with Crippen LogP contribution >= 0.6 is 11.3 Å². The number of aromatic nitrogens is 3. The van der Waals surface area contributed by atoms with E-state index in [0.29, 0.717) is 52.1 Å². The largest absolute Gasteiger partial charge is 0.461 e. The maximum absolute atomic E-state index is 17.0. The first-order valence-corrected chi connectivity index (χ1v) is 16.8. The summed E-state index contributed by atoms with van der Waals surface area (Å²) in [5.41, 5.74) is 7.69. The minimum atomic E-state index is -0.883. The van der Waals surface area contributed by atoms with E-state index in [1.807, 2.05) is 12.1 Å². The van der Waals surface area contributed by atoms with Crippen molar-refractivity contribution in [3.8, 4) is 23.3 Å². The molecule has 3 saturated heterocycles. The number of nitrogens with two attached hydrogens (primary N) is 1. The Morgan fingerprint density at radius 3 is 2.93 bits per heavy atom. The van der Waals surface area contributed by atoms with Crippen LogP contribution in [0.1, 0.15) is 50.8 Å². The Bertz CT molecular complexity index is 1880. The zero-order valence-electron chi connectivity index (χ0n) is 25.4. The number of halogens is 2. The van der Waals surface area contributed by atoms with E-state index in [-0.39, 0.29) is 47.4 Å². The van der Waals surface area contributed by atoms with Crippen LogP contribution < -0.4 is 20.7 Å². The van der Waals surface area contributed by atoms with Crippen LogP contribution in [0, 0.1) is 23.1 Å². The molecule has 0 radical (unpaired) electrons. The first kappa shape index (κ1) is 28.8. The summed E-state index contributed by atoms with van der Waals surface area (Å²) in [4.78, 5) is 19.2. The lowest BCUT2D eigenvalue weighted by molar-refractivity contribution is 0.107. The van der Waals surface area contributed by atoms with E-state index in [1.54, 1.807) is 6.07 Å². The fourth-order valence-corrected chi connectivity index (χ4v) is 9.18. The van der Waals surface area contributed by atoms with E-state index in [1.165, 1.54) is 11.3 Å². The fourth-order valence-electron chi connectivity index (χ4n) is 8.23. The van der Waals surface area contributed by atoms with Crippen LogP contribution in [-0.4, -0.2) is 76.4 Å². The molecule has 234 valence electrons. The van der Waals surface area contributed by atoms with Crippen LogP contribution in [0.5, 0.6) is 6.01 Å². The third kappa shape index (κ3) is 4.46. The average molecular weight is 631 g/mol. The lowest BCUT2D eigenvalue weighted by atomic mass is 9.93. The average Bonchev–Trinajstić information content (AvgIpc) is 3.66. The number of pyridine rings is 1. The highest BCUT2D eigenvalue weighted by atomic mass is 32.1. The number of anilines is 2. The molecule has 1 aromatic carbocycles. The number of hydrogen-bond acceptors (Lipinski definition) is 10. The summed E-state index contributed by atoms with van der Waals surface area (Å²) in [6, 6.07) is 8.20. The molecule has 3 N–H and O–H groups in total. The van der Waals surface area contributed by atoms with E-state index in [0.717, 1.165) is 49.3 Å². The molecule has 12 heteroatoms. The van der Waals surface area contributed by atoms with E-state index >= 15 is 4.39 Å². The summed E-state index contributed by atoms with van der Waals surface area (Å²) in [6.45, 7) is 7.38. The van der Waals surface area contributed by atoms with Crippen molar-refractivity contribution in [3.63, 3.8) is 0 Å². The van der Waals surface area contributed by atoms with Gasteiger partial charge in [-0.2, -0.15) is 15.2 Å². The van der Waals surface area contributed by atoms with E-state index in [9.17, 15) is 9.65 Å². The molecule has 0 aliphatic carbocycles. The van der Waals surface area contributed by atoms with Gasteiger partial charge >= 0.3 is 6.01 Å². The number of piperazine rings is 1. The van der Waals surface area contributed by atoms with Gasteiger partial charge < -0.3 is 20.7 Å². The van der Waals surface area contributed by atoms with Gasteiger partial charge in [0, 0.05) is 53.8 Å². The summed E-state index contributed by atoms with van der Waals surface area (Å²) in [5, 5.41) is 15.2. The molecule has 45 heavy (non-hydrogen) atoms. The van der Waals surface area contributed by atoms with Gasteiger partial charge in [0.15, 0.2) is 5.82 Å². The van der Waals surface area contributed by atoms with Crippen LogP contribution in [0.3, 0.4) is 0 Å². The molecule has 0 saturated carbocycles. The first-order chi connectivity index (χ1) is 21.8. The molecule has 0 amide bonds. The van der Waals surface area contributed by atoms with Gasteiger partial charge in [-0.1, -0.05) is 26.0 Å². The first-order valence-electron chi connectivity index (χ1n) is 15.9. The van der Waals surface area contributed by atoms with Crippen molar-refractivity contribution in [1.29, 1.82) is 5.26 Å². The van der Waals surface area contributed by atoms with Crippen molar-refractivity contribution in [3.05, 3.63) is 35.3 Å². The summed E-state index contributed by atoms with van der Waals surface area (Å²) < 4.78 is 38.7. The molecule has 9 nitrogen and oxygen atoms in total. The standard InChI is InChI=1S/C33H36F2N8OS/c1-3-19-15-43-23(13-38-19)17(2)10-22-26-29(27(35)28(39-22)20-6-4-7-24-25(20)21(12-36)30(37)45-24)40-32(41-31(26)43)44-16-33-8-5-9-42(33)14-18(34)11-33/h4,6-7,17-19,23,38H,3,5,8-11,13-16,37H2,1-2H3/t17-,18+,19+,23+,33-/m0/s1. The van der Waals surface area contributed by atoms with Gasteiger partial charge in [-0.15, -0.1) is 11.3 Å². The summed E-state index contributed by atoms with van der Waals surface area (Å²) in [6.07, 6.45) is 2.95. The third-order valence-corrected chi connectivity index (χ3v) is 11.5. The maximum atomic E-state index is 17.0. The molecule has 4 aromatic rings. The Balaban J connectivity index is 1.32. The molecule has 0 spiro atoms. The number of nitriles is 1. The number of benzene rings is 1. The highest BCUT2D eigenvalue weighted by molar-refractivity contribution is 7.23. The molecule has 5 atom stereocenters. The smallest absolute Gasteiger partial charge is 0.319 e. The van der Waals surface area contributed by atoms with Gasteiger partial charge in [-0.3, -0.25) is 4.90 Å². The van der Waals surface area contributed by atoms with Crippen LogP contribution in [0.2, 0.25) is 0 Å². The quantitative estimate of drug-likeness (QED) is 0.307. The summed E-state index contributed by atoms with van der Waals surface area (Å²) in [7, 11) is 0. The van der Waals surface area contributed by atoms with Gasteiger partial charge in [0.25, 0.3) is 0 Å². The van der Waals surface area contributed by atoms with Crippen LogP contribution in [0.15, 0.2) is 18.2 Å². The number of hydrogen-bond donors (Lipinski definition) is 2. The summed E-state index contributed by atoms with van der Waals surface area (Å²) >= 11 is 1.31. The van der Waals surface area contributed by atoms with Crippen LogP contribution in [-0.2, 0) is 6.42 Å². The number of thiophene rings is 1. The van der Waals surface area contributed by atoms with E-state index in [4.69, 9.17) is 25.4 Å². The fraction of sp³-hybridized carbons (Fsp3) is 0.515. The molecular formula is C33H36F2N8OS. The van der Waals surface area contributed by atoms with Crippen molar-refractivity contribution in [2.45, 2.75) is 69.7 Å². The number of nitrogen functional groups attached to an aromatic ring is 1. The lowest BCUT2D eigenvalue weighted by Gasteiger charge is -2.42. The molecule has 4 aliphatic heterocycles. The predicted octanol–water partition coefficient (Wildman–Crippen LogP) is 5.20. The molecule has 7 heterocycles. The Hall–Kier alpha value is -3.66. The molecule has 3 aromatic heterocycles. The third-order valence-electron chi connectivity index (χ3n) is 10.5. The number of nitrogens with zero attached hydrogens (tertiary/aromatic N) is 6. The minimum absolute atomic E-state index is 0.0959. The molecule has 0 bridgehead atoms. The van der Waals surface area contributed by atoms with Crippen molar-refractivity contribution < 1.29 is 13.5 Å². The molecular weight excluding hydrogens is 594 g/mol. The number of nitrogens with one attached hydrogen (secondary N) is 1. The Kier molecular flexibility index (Phi) is 6.85. The molecule has 8 rings (SSSR count). The lowest BCUT2D eigenvalue weighted by Crippen LogP contribution is -2.58. The van der Waals surface area contributed by atoms with Crippen LogP contribution in [0.4, 0.5) is 19.6 Å². The maximum Gasteiger partial charge on any atom is 0.319 e. The predicted molar refractivity (Wildman–Crippen MR) is 172 cm³/mol. The van der Waals surface area contributed by atoms with Crippen molar-refractivity contribution in [2.24, 2.45) is 5.92 Å². The SMILES string of the molecule is CC[C@@H]1CN2c3nc(OC[C@@]45CCCN4C[C@H](F)C5)nc4c(F)c(-c5cccc6sc(N)c(C#N)c56)nc(c34)C[C@H](C)[C@H]2CN1. The molecule has 0 unspecified atom stereocenters. The molecule has 4 aliphatic rings. The van der Waals surface area contributed by atoms with E-state index in [2.05, 4.69) is 35.0 Å². The van der Waals surface area contributed by atoms with Crippen LogP contribution in [0.25, 0.3) is 32.2 Å². The van der Waals surface area contributed by atoms with Gasteiger partial charge in [0.05, 0.1) is 22.2 Å². The Morgan fingerprint density at radius 2 is 2.11 bits per heavy atom. The highest BCUT2D eigenvalue weighted by Crippen LogP contribution is 2.45. The van der Waals surface area contributed by atoms with Crippen molar-refractivity contribution in [1.82, 2.24) is 25.2 Å². The number of alkyl halides is 1. The number of rotatable bonds is 5. The Morgan fingerprint density at radius 1 is 1.24 bits per heavy atom. The highest BCUT2D eigenvalue weighted by Gasteiger charge is 2.49. The second kappa shape index (κ2) is 10.7. The Labute approximate surface area is 264 Å². The number of ether oxygens (including phenoxy) is 1.